The molecule has 0 spiro atoms. The summed E-state index contributed by atoms with van der Waals surface area (Å²) in [5.41, 5.74) is 3.13. The van der Waals surface area contributed by atoms with Crippen molar-refractivity contribution in [3.8, 4) is 17.2 Å². The van der Waals surface area contributed by atoms with Gasteiger partial charge in [-0.2, -0.15) is 0 Å². The lowest BCUT2D eigenvalue weighted by Crippen LogP contribution is -2.26. The Balaban J connectivity index is 1.32. The molecule has 0 aliphatic carbocycles. The molecule has 5 rings (SSSR count). The van der Waals surface area contributed by atoms with Gasteiger partial charge in [0.2, 0.25) is 0 Å². The van der Waals surface area contributed by atoms with Crippen molar-refractivity contribution in [3.63, 3.8) is 0 Å². The van der Waals surface area contributed by atoms with Gasteiger partial charge in [0.25, 0.3) is 0 Å². The van der Waals surface area contributed by atoms with Crippen molar-refractivity contribution < 1.29 is 18.6 Å². The fraction of sp³-hybridized carbons (Fsp3) is 0.250. The number of rotatable bonds is 7. The lowest BCUT2D eigenvalue weighted by Gasteiger charge is -2.20. The first-order chi connectivity index (χ1) is 16.0. The summed E-state index contributed by atoms with van der Waals surface area (Å²) < 4.78 is 31.6. The summed E-state index contributed by atoms with van der Waals surface area (Å²) in [7, 11) is 3.14. The average Bonchev–Trinajstić information content (AvgIpc) is 3.41. The first kappa shape index (κ1) is 21.3. The molecule has 2 atom stereocenters. The summed E-state index contributed by atoms with van der Waals surface area (Å²) in [5.74, 6) is 1.71. The number of benzene rings is 2. The molecule has 2 unspecified atom stereocenters. The highest BCUT2D eigenvalue weighted by Crippen LogP contribution is 2.35. The maximum Gasteiger partial charge on any atom is 0.164 e. The van der Waals surface area contributed by atoms with E-state index in [9.17, 15) is 0 Å². The van der Waals surface area contributed by atoms with E-state index >= 15 is 4.39 Å². The lowest BCUT2D eigenvalue weighted by atomic mass is 9.92. The van der Waals surface area contributed by atoms with E-state index in [4.69, 9.17) is 25.8 Å². The predicted octanol–water partition coefficient (Wildman–Crippen LogP) is 4.48. The van der Waals surface area contributed by atoms with Crippen LogP contribution in [0.25, 0.3) is 11.0 Å². The van der Waals surface area contributed by atoms with Crippen LogP contribution in [0.5, 0.6) is 17.2 Å². The highest BCUT2D eigenvalue weighted by Gasteiger charge is 2.30. The van der Waals surface area contributed by atoms with Crippen LogP contribution in [-0.4, -0.2) is 36.6 Å². The zero-order valence-electron chi connectivity index (χ0n) is 18.1. The van der Waals surface area contributed by atoms with Gasteiger partial charge in [0, 0.05) is 24.3 Å². The molecule has 2 N–H and O–H groups in total. The third kappa shape index (κ3) is 4.26. The van der Waals surface area contributed by atoms with E-state index in [1.807, 2.05) is 30.5 Å². The molecule has 0 radical (unpaired) electrons. The molecule has 2 aliphatic rings. The number of imidazole rings is 1. The molecule has 0 bridgehead atoms. The molecule has 3 heterocycles. The summed E-state index contributed by atoms with van der Waals surface area (Å²) in [6.07, 6.45) is 5.74. The molecule has 0 saturated heterocycles. The molecule has 0 amide bonds. The minimum absolute atomic E-state index is 0.00414. The van der Waals surface area contributed by atoms with Gasteiger partial charge in [-0.05, 0) is 42.0 Å². The van der Waals surface area contributed by atoms with Crippen molar-refractivity contribution in [1.29, 1.82) is 0 Å². The quantitative estimate of drug-likeness (QED) is 0.534. The number of dihydropyridines is 1. The van der Waals surface area contributed by atoms with E-state index in [1.165, 1.54) is 13.2 Å². The predicted molar refractivity (Wildman–Crippen MR) is 125 cm³/mol. The molecular weight excluding hydrogens is 447 g/mol. The summed E-state index contributed by atoms with van der Waals surface area (Å²) >= 11 is 6.11. The summed E-state index contributed by atoms with van der Waals surface area (Å²) in [6, 6.07) is 8.58. The summed E-state index contributed by atoms with van der Waals surface area (Å²) in [5, 5.41) is 3.79. The molecule has 1 aromatic heterocycles. The molecule has 0 saturated carbocycles. The second-order valence-electron chi connectivity index (χ2n) is 7.81. The Morgan fingerprint density at radius 2 is 2.00 bits per heavy atom. The van der Waals surface area contributed by atoms with Gasteiger partial charge < -0.3 is 24.5 Å². The number of methoxy groups -OCH3 is 2. The number of halogens is 2. The topological polar surface area (TPSA) is 80.8 Å². The number of nitrogens with zero attached hydrogens (tertiary/aromatic N) is 2. The molecule has 3 aromatic rings. The van der Waals surface area contributed by atoms with Crippen LogP contribution in [0.4, 0.5) is 4.39 Å². The van der Waals surface area contributed by atoms with Crippen LogP contribution in [0.15, 0.2) is 58.2 Å². The molecule has 170 valence electrons. The second-order valence-corrected chi connectivity index (χ2v) is 8.25. The Bertz CT molecular complexity index is 1300. The van der Waals surface area contributed by atoms with Crippen LogP contribution < -0.4 is 19.5 Å². The Labute approximate surface area is 194 Å². The number of aliphatic imine (C=N–C) groups is 1. The van der Waals surface area contributed by atoms with Crippen molar-refractivity contribution in [2.24, 2.45) is 10.9 Å². The Morgan fingerprint density at radius 3 is 2.82 bits per heavy atom. The van der Waals surface area contributed by atoms with Crippen LogP contribution in [-0.2, 0) is 13.0 Å². The number of nitrogens with one attached hydrogen (secondary N) is 2. The van der Waals surface area contributed by atoms with Gasteiger partial charge in [0.05, 0.1) is 30.3 Å². The largest absolute Gasteiger partial charge is 0.497 e. The summed E-state index contributed by atoms with van der Waals surface area (Å²) in [6.45, 7) is 0.131. The Kier molecular flexibility index (Phi) is 5.68. The molecule has 33 heavy (non-hydrogen) atoms. The fourth-order valence-corrected chi connectivity index (χ4v) is 4.24. The first-order valence-corrected chi connectivity index (χ1v) is 10.8. The van der Waals surface area contributed by atoms with Crippen molar-refractivity contribution in [2.45, 2.75) is 19.2 Å². The maximum absolute atomic E-state index is 15.0. The van der Waals surface area contributed by atoms with E-state index < -0.39 is 0 Å². The molecule has 0 fully saturated rings. The van der Waals surface area contributed by atoms with Gasteiger partial charge >= 0.3 is 0 Å². The first-order valence-electron chi connectivity index (χ1n) is 10.4. The number of fused-ring (bicyclic) bond motifs is 2. The molecule has 9 heteroatoms. The summed E-state index contributed by atoms with van der Waals surface area (Å²) in [4.78, 5) is 12.1. The highest BCUT2D eigenvalue weighted by atomic mass is 35.5. The van der Waals surface area contributed by atoms with Crippen LogP contribution in [0, 0.1) is 11.7 Å². The number of ether oxygens (including phenoxy) is 3. The standard InChI is InChI=1S/C24H22ClFN4O3/c1-31-16-3-4-19-20(8-16)30-23(29-19)12-33-22-9-18(26)13(6-21(22)32-2)5-14-10-27-24-17(14)7-15(25)11-28-24/h3-4,6-11,17,24,27H,5,12H2,1-2H3,(H,29,30). The van der Waals surface area contributed by atoms with Gasteiger partial charge in [-0.1, -0.05) is 17.7 Å². The number of hydrogen-bond acceptors (Lipinski definition) is 6. The third-order valence-electron chi connectivity index (χ3n) is 5.73. The normalized spacial score (nSPS) is 19.0. The molecule has 2 aliphatic heterocycles. The Hall–Kier alpha value is -3.52. The molecule has 2 aromatic carbocycles. The average molecular weight is 469 g/mol. The Morgan fingerprint density at radius 1 is 1.12 bits per heavy atom. The van der Waals surface area contributed by atoms with Gasteiger partial charge in [-0.25, -0.2) is 9.37 Å². The number of aromatic amines is 1. The van der Waals surface area contributed by atoms with E-state index in [2.05, 4.69) is 20.3 Å². The minimum atomic E-state index is -0.376. The van der Waals surface area contributed by atoms with Gasteiger partial charge in [-0.15, -0.1) is 0 Å². The van der Waals surface area contributed by atoms with Crippen molar-refractivity contribution >= 4 is 28.8 Å². The van der Waals surface area contributed by atoms with Crippen LogP contribution in [0.2, 0.25) is 0 Å². The second kappa shape index (κ2) is 8.78. The zero-order valence-corrected chi connectivity index (χ0v) is 18.8. The number of allylic oxidation sites excluding steroid dienone is 1. The van der Waals surface area contributed by atoms with E-state index in [1.54, 1.807) is 19.4 Å². The molecule has 7 nitrogen and oxygen atoms in total. The third-order valence-corrected chi connectivity index (χ3v) is 5.96. The smallest absolute Gasteiger partial charge is 0.164 e. The molecular formula is C24H22ClFN4O3. The van der Waals surface area contributed by atoms with Crippen molar-refractivity contribution in [1.82, 2.24) is 15.3 Å². The lowest BCUT2D eigenvalue weighted by molar-refractivity contribution is 0.275. The van der Waals surface area contributed by atoms with Crippen LogP contribution >= 0.6 is 11.6 Å². The van der Waals surface area contributed by atoms with Gasteiger partial charge in [0.15, 0.2) is 11.5 Å². The zero-order chi connectivity index (χ0) is 22.9. The number of H-pyrrole nitrogens is 1. The van der Waals surface area contributed by atoms with Crippen molar-refractivity contribution in [3.05, 3.63) is 70.4 Å². The fourth-order valence-electron chi connectivity index (χ4n) is 4.05. The minimum Gasteiger partial charge on any atom is -0.497 e. The van der Waals surface area contributed by atoms with Crippen molar-refractivity contribution in [2.75, 3.05) is 14.2 Å². The maximum atomic E-state index is 15.0. The van der Waals surface area contributed by atoms with Crippen LogP contribution in [0.1, 0.15) is 11.4 Å². The van der Waals surface area contributed by atoms with Gasteiger partial charge in [0.1, 0.15) is 30.2 Å². The van der Waals surface area contributed by atoms with Gasteiger partial charge in [-0.3, -0.25) is 4.99 Å². The van der Waals surface area contributed by atoms with E-state index in [0.29, 0.717) is 34.3 Å². The number of hydrogen-bond donors (Lipinski definition) is 2. The SMILES string of the molecule is COc1ccc2nc(COc3cc(F)c(CC4=CNC5N=CC(Cl)=CC45)cc3OC)[nH]c2c1. The van der Waals surface area contributed by atoms with Crippen LogP contribution in [0.3, 0.4) is 0 Å². The van der Waals surface area contributed by atoms with E-state index in [-0.39, 0.29) is 24.5 Å². The highest BCUT2D eigenvalue weighted by molar-refractivity contribution is 6.39. The number of aromatic nitrogens is 2. The van der Waals surface area contributed by atoms with E-state index in [0.717, 1.165) is 22.4 Å². The monoisotopic (exact) mass is 468 g/mol.